The molecule has 0 aliphatic heterocycles. The van der Waals surface area contributed by atoms with Crippen LogP contribution in [-0.2, 0) is 4.79 Å². The van der Waals surface area contributed by atoms with Crippen LogP contribution >= 0.6 is 34.7 Å². The van der Waals surface area contributed by atoms with Crippen LogP contribution in [0.1, 0.15) is 13.8 Å². The molecule has 0 unspecified atom stereocenters. The first-order valence-electron chi connectivity index (χ1n) is 6.39. The quantitative estimate of drug-likeness (QED) is 0.786. The summed E-state index contributed by atoms with van der Waals surface area (Å²) in [7, 11) is 0. The standard InChI is InChI=1S/C13H15ClN4OS2/c1-3-15-11(19)8(2)20-13-18-17-12(21-13)16-10-6-4-5-9(14)7-10/h4-8H,3H2,1-2H3,(H,15,19)(H,16,17)/t8-/m1/s1. The Morgan fingerprint density at radius 1 is 1.48 bits per heavy atom. The van der Waals surface area contributed by atoms with Crippen LogP contribution in [0, 0.1) is 0 Å². The van der Waals surface area contributed by atoms with Crippen molar-refractivity contribution >= 4 is 51.4 Å². The van der Waals surface area contributed by atoms with Crippen LogP contribution < -0.4 is 10.6 Å². The van der Waals surface area contributed by atoms with Crippen LogP contribution in [0.15, 0.2) is 28.6 Å². The summed E-state index contributed by atoms with van der Waals surface area (Å²) in [5.41, 5.74) is 0.854. The Morgan fingerprint density at radius 3 is 3.00 bits per heavy atom. The molecule has 0 radical (unpaired) electrons. The number of nitrogens with zero attached hydrogens (tertiary/aromatic N) is 2. The molecule has 1 heterocycles. The van der Waals surface area contributed by atoms with E-state index in [2.05, 4.69) is 20.8 Å². The SMILES string of the molecule is CCNC(=O)[C@@H](C)Sc1nnc(Nc2cccc(Cl)c2)s1. The Kier molecular flexibility index (Phi) is 5.84. The maximum atomic E-state index is 11.7. The summed E-state index contributed by atoms with van der Waals surface area (Å²) in [6.07, 6.45) is 0. The number of aromatic nitrogens is 2. The van der Waals surface area contributed by atoms with Crippen LogP contribution in [0.5, 0.6) is 0 Å². The lowest BCUT2D eigenvalue weighted by atomic mass is 10.3. The lowest BCUT2D eigenvalue weighted by Crippen LogP contribution is -2.30. The minimum absolute atomic E-state index is 0.00190. The number of thioether (sulfide) groups is 1. The van der Waals surface area contributed by atoms with Crippen LogP contribution in [0.2, 0.25) is 5.02 Å². The third kappa shape index (κ3) is 4.87. The van der Waals surface area contributed by atoms with E-state index in [1.807, 2.05) is 38.1 Å². The third-order valence-electron chi connectivity index (χ3n) is 2.48. The first-order valence-corrected chi connectivity index (χ1v) is 8.46. The number of carbonyl (C=O) groups excluding carboxylic acids is 1. The summed E-state index contributed by atoms with van der Waals surface area (Å²) in [5.74, 6) is 0.00190. The van der Waals surface area contributed by atoms with Crippen molar-refractivity contribution in [1.82, 2.24) is 15.5 Å². The molecular formula is C13H15ClN4OS2. The average molecular weight is 343 g/mol. The third-order valence-corrected chi connectivity index (χ3v) is 4.74. The zero-order chi connectivity index (χ0) is 15.2. The lowest BCUT2D eigenvalue weighted by molar-refractivity contribution is -0.120. The van der Waals surface area contributed by atoms with E-state index in [-0.39, 0.29) is 11.2 Å². The van der Waals surface area contributed by atoms with Gasteiger partial charge < -0.3 is 10.6 Å². The number of carbonyl (C=O) groups is 1. The number of anilines is 2. The monoisotopic (exact) mass is 342 g/mol. The van der Waals surface area contributed by atoms with E-state index in [4.69, 9.17) is 11.6 Å². The number of halogens is 1. The molecule has 5 nitrogen and oxygen atoms in total. The summed E-state index contributed by atoms with van der Waals surface area (Å²) < 4.78 is 0.748. The Labute approximate surface area is 136 Å². The molecule has 1 amide bonds. The van der Waals surface area contributed by atoms with Gasteiger partial charge in [0, 0.05) is 17.3 Å². The summed E-state index contributed by atoms with van der Waals surface area (Å²) in [6, 6.07) is 7.38. The molecule has 0 saturated carbocycles. The van der Waals surface area contributed by atoms with Crippen molar-refractivity contribution < 1.29 is 4.79 Å². The number of benzene rings is 1. The van der Waals surface area contributed by atoms with Gasteiger partial charge in [-0.05, 0) is 32.0 Å². The number of rotatable bonds is 6. The van der Waals surface area contributed by atoms with E-state index in [9.17, 15) is 4.79 Å². The number of hydrogen-bond acceptors (Lipinski definition) is 6. The Bertz CT molecular complexity index is 620. The van der Waals surface area contributed by atoms with Gasteiger partial charge in [0.15, 0.2) is 4.34 Å². The fourth-order valence-corrected chi connectivity index (χ4v) is 3.65. The van der Waals surface area contributed by atoms with Crippen molar-refractivity contribution in [1.29, 1.82) is 0 Å². The van der Waals surface area contributed by atoms with Gasteiger partial charge in [0.25, 0.3) is 0 Å². The molecule has 0 bridgehead atoms. The van der Waals surface area contributed by atoms with E-state index in [0.29, 0.717) is 16.7 Å². The van der Waals surface area contributed by atoms with Crippen LogP contribution in [-0.4, -0.2) is 27.9 Å². The molecule has 0 saturated heterocycles. The number of amides is 1. The van der Waals surface area contributed by atoms with Gasteiger partial charge in [-0.2, -0.15) is 0 Å². The molecule has 1 aromatic carbocycles. The fraction of sp³-hybridized carbons (Fsp3) is 0.308. The van der Waals surface area contributed by atoms with Crippen molar-refractivity contribution in [2.45, 2.75) is 23.4 Å². The Balaban J connectivity index is 1.96. The molecule has 112 valence electrons. The Morgan fingerprint density at radius 2 is 2.29 bits per heavy atom. The minimum Gasteiger partial charge on any atom is -0.355 e. The summed E-state index contributed by atoms with van der Waals surface area (Å²) in [4.78, 5) is 11.7. The molecule has 0 fully saturated rings. The molecule has 21 heavy (non-hydrogen) atoms. The molecule has 8 heteroatoms. The average Bonchev–Trinajstić information content (AvgIpc) is 2.86. The second-order valence-electron chi connectivity index (χ2n) is 4.16. The molecule has 0 aliphatic rings. The molecular weight excluding hydrogens is 328 g/mol. The van der Waals surface area contributed by atoms with E-state index in [1.165, 1.54) is 23.1 Å². The largest absolute Gasteiger partial charge is 0.355 e. The van der Waals surface area contributed by atoms with Crippen molar-refractivity contribution in [3.63, 3.8) is 0 Å². The van der Waals surface area contributed by atoms with E-state index < -0.39 is 0 Å². The number of hydrogen-bond donors (Lipinski definition) is 2. The molecule has 2 aromatic rings. The van der Waals surface area contributed by atoms with Crippen LogP contribution in [0.25, 0.3) is 0 Å². The van der Waals surface area contributed by atoms with Crippen molar-refractivity contribution in [2.75, 3.05) is 11.9 Å². The second-order valence-corrected chi connectivity index (χ2v) is 7.17. The molecule has 1 atom stereocenters. The smallest absolute Gasteiger partial charge is 0.233 e. The van der Waals surface area contributed by atoms with Gasteiger partial charge in [0.2, 0.25) is 11.0 Å². The fourth-order valence-electron chi connectivity index (χ4n) is 1.52. The highest BCUT2D eigenvalue weighted by Gasteiger charge is 2.16. The first-order chi connectivity index (χ1) is 10.1. The topological polar surface area (TPSA) is 66.9 Å². The minimum atomic E-state index is -0.197. The summed E-state index contributed by atoms with van der Waals surface area (Å²) in [6.45, 7) is 4.37. The van der Waals surface area contributed by atoms with Gasteiger partial charge in [-0.25, -0.2) is 0 Å². The predicted molar refractivity (Wildman–Crippen MR) is 88.6 cm³/mol. The highest BCUT2D eigenvalue weighted by molar-refractivity contribution is 8.02. The maximum Gasteiger partial charge on any atom is 0.233 e. The number of nitrogens with one attached hydrogen (secondary N) is 2. The zero-order valence-electron chi connectivity index (χ0n) is 11.6. The Hall–Kier alpha value is -1.31. The van der Waals surface area contributed by atoms with Crippen molar-refractivity contribution in [3.8, 4) is 0 Å². The highest BCUT2D eigenvalue weighted by Crippen LogP contribution is 2.30. The lowest BCUT2D eigenvalue weighted by Gasteiger charge is -2.07. The van der Waals surface area contributed by atoms with Gasteiger partial charge in [0.05, 0.1) is 5.25 Å². The molecule has 1 aromatic heterocycles. The molecule has 2 N–H and O–H groups in total. The predicted octanol–water partition coefficient (Wildman–Crippen LogP) is 3.55. The molecule has 0 aliphatic carbocycles. The van der Waals surface area contributed by atoms with Gasteiger partial charge in [-0.1, -0.05) is 40.8 Å². The van der Waals surface area contributed by atoms with E-state index >= 15 is 0 Å². The highest BCUT2D eigenvalue weighted by atomic mass is 35.5. The summed E-state index contributed by atoms with van der Waals surface area (Å²) >= 11 is 8.73. The normalized spacial score (nSPS) is 12.0. The van der Waals surface area contributed by atoms with Gasteiger partial charge in [0.1, 0.15) is 0 Å². The second kappa shape index (κ2) is 7.63. The summed E-state index contributed by atoms with van der Waals surface area (Å²) in [5, 5.41) is 15.2. The maximum absolute atomic E-state index is 11.7. The van der Waals surface area contributed by atoms with E-state index in [0.717, 1.165) is 10.0 Å². The van der Waals surface area contributed by atoms with Crippen molar-refractivity contribution in [3.05, 3.63) is 29.3 Å². The zero-order valence-corrected chi connectivity index (χ0v) is 14.0. The van der Waals surface area contributed by atoms with Crippen molar-refractivity contribution in [2.24, 2.45) is 0 Å². The van der Waals surface area contributed by atoms with Gasteiger partial charge in [-0.3, -0.25) is 4.79 Å². The molecule has 2 rings (SSSR count). The first kappa shape index (κ1) is 16.1. The molecule has 0 spiro atoms. The van der Waals surface area contributed by atoms with Gasteiger partial charge in [-0.15, -0.1) is 10.2 Å². The van der Waals surface area contributed by atoms with E-state index in [1.54, 1.807) is 0 Å². The van der Waals surface area contributed by atoms with Crippen LogP contribution in [0.3, 0.4) is 0 Å². The van der Waals surface area contributed by atoms with Crippen LogP contribution in [0.4, 0.5) is 10.8 Å². The van der Waals surface area contributed by atoms with Gasteiger partial charge >= 0.3 is 0 Å².